The van der Waals surface area contributed by atoms with Gasteiger partial charge in [0.15, 0.2) is 0 Å². The zero-order valence-electron chi connectivity index (χ0n) is 12.2. The lowest BCUT2D eigenvalue weighted by Gasteiger charge is -2.02. The molecule has 3 aromatic carbocycles. The van der Waals surface area contributed by atoms with Crippen LogP contribution in [0.4, 0.5) is 22.7 Å². The largest absolute Gasteiger partial charge is 0.399 e. The van der Waals surface area contributed by atoms with Gasteiger partial charge >= 0.3 is 0 Å². The maximum atomic E-state index is 5.61. The van der Waals surface area contributed by atoms with E-state index in [0.29, 0.717) is 0 Å². The summed E-state index contributed by atoms with van der Waals surface area (Å²) in [6.07, 6.45) is 0. The first-order valence-corrected chi connectivity index (χ1v) is 6.87. The van der Waals surface area contributed by atoms with Crippen molar-refractivity contribution < 1.29 is 0 Å². The molecule has 112 valence electrons. The van der Waals surface area contributed by atoms with Crippen molar-refractivity contribution in [1.82, 2.24) is 0 Å². The minimum Gasteiger partial charge on any atom is -0.399 e. The van der Waals surface area contributed by atoms with Crippen molar-refractivity contribution in [1.29, 1.82) is 0 Å². The summed E-state index contributed by atoms with van der Waals surface area (Å²) in [5.74, 6) is 0. The molecule has 8 N–H and O–H groups in total. The van der Waals surface area contributed by atoms with Crippen LogP contribution in [-0.2, 0) is 0 Å². The highest BCUT2D eigenvalue weighted by molar-refractivity contribution is 5.67. The van der Waals surface area contributed by atoms with Crippen LogP contribution in [0.15, 0.2) is 72.8 Å². The third-order valence-electron chi connectivity index (χ3n) is 3.09. The van der Waals surface area contributed by atoms with E-state index in [1.165, 1.54) is 0 Å². The van der Waals surface area contributed by atoms with Gasteiger partial charge < -0.3 is 22.9 Å². The first kappa shape index (κ1) is 15.3. The van der Waals surface area contributed by atoms with Crippen LogP contribution in [0.25, 0.3) is 11.1 Å². The minimum atomic E-state index is 0.749. The second-order valence-corrected chi connectivity index (χ2v) is 4.91. The van der Waals surface area contributed by atoms with E-state index in [4.69, 9.17) is 22.9 Å². The Morgan fingerprint density at radius 2 is 0.500 bits per heavy atom. The lowest BCUT2D eigenvalue weighted by Crippen LogP contribution is -1.86. The molecule has 0 saturated heterocycles. The normalized spacial score (nSPS) is 9.64. The van der Waals surface area contributed by atoms with Gasteiger partial charge in [-0.05, 0) is 59.7 Å². The van der Waals surface area contributed by atoms with Crippen LogP contribution in [0.3, 0.4) is 0 Å². The summed E-state index contributed by atoms with van der Waals surface area (Å²) in [5, 5.41) is 0. The molecule has 0 saturated carbocycles. The predicted octanol–water partition coefficient (Wildman–Crippen LogP) is 3.37. The van der Waals surface area contributed by atoms with Crippen LogP contribution in [0, 0.1) is 0 Å². The highest BCUT2D eigenvalue weighted by Gasteiger charge is 1.95. The van der Waals surface area contributed by atoms with E-state index in [-0.39, 0.29) is 0 Å². The van der Waals surface area contributed by atoms with E-state index in [9.17, 15) is 0 Å². The van der Waals surface area contributed by atoms with Gasteiger partial charge in [-0.3, -0.25) is 0 Å². The number of rotatable bonds is 1. The number of hydrogen-bond acceptors (Lipinski definition) is 4. The summed E-state index contributed by atoms with van der Waals surface area (Å²) in [7, 11) is 0. The molecule has 4 nitrogen and oxygen atoms in total. The lowest BCUT2D eigenvalue weighted by molar-refractivity contribution is 1.61. The Labute approximate surface area is 130 Å². The van der Waals surface area contributed by atoms with Gasteiger partial charge in [0.05, 0.1) is 0 Å². The Morgan fingerprint density at radius 3 is 0.727 bits per heavy atom. The summed E-state index contributed by atoms with van der Waals surface area (Å²) in [6.45, 7) is 0. The molecule has 0 aliphatic heterocycles. The highest BCUT2D eigenvalue weighted by atomic mass is 14.6. The van der Waals surface area contributed by atoms with E-state index in [0.717, 1.165) is 33.9 Å². The molecule has 3 aromatic rings. The van der Waals surface area contributed by atoms with Gasteiger partial charge in [0.1, 0.15) is 0 Å². The van der Waals surface area contributed by atoms with Crippen molar-refractivity contribution in [2.75, 3.05) is 22.9 Å². The maximum absolute atomic E-state index is 5.61. The summed E-state index contributed by atoms with van der Waals surface area (Å²) in [6, 6.07) is 22.7. The van der Waals surface area contributed by atoms with E-state index >= 15 is 0 Å². The van der Waals surface area contributed by atoms with Crippen molar-refractivity contribution in [3.8, 4) is 11.1 Å². The third kappa shape index (κ3) is 4.45. The first-order valence-electron chi connectivity index (χ1n) is 6.87. The van der Waals surface area contributed by atoms with Crippen molar-refractivity contribution in [3.05, 3.63) is 72.8 Å². The molecule has 0 bridgehead atoms. The molecule has 4 heteroatoms. The molecule has 0 aliphatic rings. The van der Waals surface area contributed by atoms with Crippen LogP contribution in [0.1, 0.15) is 0 Å². The average molecular weight is 292 g/mol. The summed E-state index contributed by atoms with van der Waals surface area (Å²) in [5.41, 5.74) is 27.3. The minimum absolute atomic E-state index is 0.749. The SMILES string of the molecule is Nc1ccc(-c2ccc(N)cc2)cc1.Nc1ccc(N)cc1. The molecule has 0 amide bonds. The number of nitrogens with two attached hydrogens (primary N) is 4. The molecular formula is C18H20N4. The topological polar surface area (TPSA) is 104 Å². The third-order valence-corrected chi connectivity index (χ3v) is 3.09. The highest BCUT2D eigenvalue weighted by Crippen LogP contribution is 2.21. The van der Waals surface area contributed by atoms with E-state index in [2.05, 4.69) is 0 Å². The van der Waals surface area contributed by atoms with Crippen LogP contribution in [0.5, 0.6) is 0 Å². The van der Waals surface area contributed by atoms with Crippen LogP contribution in [0.2, 0.25) is 0 Å². The van der Waals surface area contributed by atoms with Gasteiger partial charge in [-0.2, -0.15) is 0 Å². The molecule has 0 unspecified atom stereocenters. The fourth-order valence-corrected chi connectivity index (χ4v) is 1.85. The standard InChI is InChI=1S/C12H12N2.C6H8N2/c13-11-5-1-9(2-6-11)10-3-7-12(14)8-4-10;7-5-1-2-6(8)4-3-5/h1-8H,13-14H2;1-4H,7-8H2. The van der Waals surface area contributed by atoms with Crippen LogP contribution >= 0.6 is 0 Å². The quantitative estimate of drug-likeness (QED) is 0.516. The molecule has 0 spiro atoms. The molecule has 3 rings (SSSR count). The lowest BCUT2D eigenvalue weighted by atomic mass is 10.1. The number of hydrogen-bond donors (Lipinski definition) is 4. The van der Waals surface area contributed by atoms with E-state index < -0.39 is 0 Å². The van der Waals surface area contributed by atoms with Crippen molar-refractivity contribution >= 4 is 22.7 Å². The van der Waals surface area contributed by atoms with Gasteiger partial charge in [-0.25, -0.2) is 0 Å². The Morgan fingerprint density at radius 1 is 0.318 bits per heavy atom. The van der Waals surface area contributed by atoms with Crippen LogP contribution < -0.4 is 22.9 Å². The Kier molecular flexibility index (Phi) is 4.88. The van der Waals surface area contributed by atoms with E-state index in [1.807, 2.05) is 48.5 Å². The molecule has 0 fully saturated rings. The van der Waals surface area contributed by atoms with Crippen molar-refractivity contribution in [2.45, 2.75) is 0 Å². The predicted molar refractivity (Wildman–Crippen MR) is 96.0 cm³/mol. The number of benzene rings is 3. The van der Waals surface area contributed by atoms with E-state index in [1.54, 1.807) is 24.3 Å². The second-order valence-electron chi connectivity index (χ2n) is 4.91. The number of nitrogen functional groups attached to an aromatic ring is 4. The van der Waals surface area contributed by atoms with Gasteiger partial charge in [-0.15, -0.1) is 0 Å². The number of anilines is 4. The molecule has 0 aliphatic carbocycles. The Balaban J connectivity index is 0.000000188. The molecule has 22 heavy (non-hydrogen) atoms. The van der Waals surface area contributed by atoms with Crippen molar-refractivity contribution in [3.63, 3.8) is 0 Å². The molecule has 0 radical (unpaired) electrons. The summed E-state index contributed by atoms with van der Waals surface area (Å²) in [4.78, 5) is 0. The zero-order chi connectivity index (χ0) is 15.9. The first-order chi connectivity index (χ1) is 10.5. The van der Waals surface area contributed by atoms with Gasteiger partial charge in [0.25, 0.3) is 0 Å². The van der Waals surface area contributed by atoms with Gasteiger partial charge in [-0.1, -0.05) is 24.3 Å². The fourth-order valence-electron chi connectivity index (χ4n) is 1.85. The molecule has 0 atom stereocenters. The van der Waals surface area contributed by atoms with Gasteiger partial charge in [0.2, 0.25) is 0 Å². The molecule has 0 aromatic heterocycles. The average Bonchev–Trinajstić information content (AvgIpc) is 2.53. The van der Waals surface area contributed by atoms with Crippen LogP contribution in [-0.4, -0.2) is 0 Å². The Bertz CT molecular complexity index is 637. The summed E-state index contributed by atoms with van der Waals surface area (Å²) >= 11 is 0. The Hall–Kier alpha value is -3.14. The van der Waals surface area contributed by atoms with Gasteiger partial charge in [0, 0.05) is 22.7 Å². The smallest absolute Gasteiger partial charge is 0.0315 e. The molecule has 0 heterocycles. The van der Waals surface area contributed by atoms with Crippen molar-refractivity contribution in [2.24, 2.45) is 0 Å². The fraction of sp³-hybridized carbons (Fsp3) is 0. The molecular weight excluding hydrogens is 272 g/mol. The zero-order valence-corrected chi connectivity index (χ0v) is 12.2. The summed E-state index contributed by atoms with van der Waals surface area (Å²) < 4.78 is 0. The maximum Gasteiger partial charge on any atom is 0.0315 e. The monoisotopic (exact) mass is 292 g/mol. The second kappa shape index (κ2) is 7.04.